The number of fused-ring (bicyclic) bond motifs is 1. The highest BCUT2D eigenvalue weighted by molar-refractivity contribution is 9.10. The van der Waals surface area contributed by atoms with E-state index in [-0.39, 0.29) is 0 Å². The number of ether oxygens (including phenoxy) is 1. The lowest BCUT2D eigenvalue weighted by molar-refractivity contribution is 0.488. The monoisotopic (exact) mass is 348 g/mol. The summed E-state index contributed by atoms with van der Waals surface area (Å²) in [4.78, 5) is 4.12. The molecule has 0 aliphatic rings. The third-order valence-corrected chi connectivity index (χ3v) is 3.71. The predicted octanol–water partition coefficient (Wildman–Crippen LogP) is 5.03. The lowest BCUT2D eigenvalue weighted by Crippen LogP contribution is -1.91. The number of rotatable bonds is 2. The van der Waals surface area contributed by atoms with Crippen LogP contribution < -0.4 is 10.5 Å². The van der Waals surface area contributed by atoms with Crippen LogP contribution in [0.3, 0.4) is 0 Å². The Bertz CT molecular complexity index is 792. The van der Waals surface area contributed by atoms with Gasteiger partial charge in [0.2, 0.25) is 0 Å². The summed E-state index contributed by atoms with van der Waals surface area (Å²) in [7, 11) is 0. The smallest absolute Gasteiger partial charge is 0.146 e. The van der Waals surface area contributed by atoms with Gasteiger partial charge < -0.3 is 10.5 Å². The van der Waals surface area contributed by atoms with Crippen molar-refractivity contribution in [3.63, 3.8) is 0 Å². The molecule has 1 aromatic heterocycles. The van der Waals surface area contributed by atoms with Crippen molar-refractivity contribution < 1.29 is 4.74 Å². The molecule has 20 heavy (non-hydrogen) atoms. The second-order valence-electron chi connectivity index (χ2n) is 4.25. The standard InChI is InChI=1S/C15H10BrClN2O/c16-9-1-3-15(12(17)7-9)20-14-4-2-13(18)10-5-6-19-8-11(10)14/h1-8H,18H2. The van der Waals surface area contributed by atoms with Crippen LogP contribution in [0.25, 0.3) is 10.8 Å². The van der Waals surface area contributed by atoms with Crippen LogP contribution in [0.4, 0.5) is 5.69 Å². The molecule has 2 N–H and O–H groups in total. The quantitative estimate of drug-likeness (QED) is 0.660. The second-order valence-corrected chi connectivity index (χ2v) is 5.57. The van der Waals surface area contributed by atoms with E-state index >= 15 is 0 Å². The minimum absolute atomic E-state index is 0.535. The van der Waals surface area contributed by atoms with Gasteiger partial charge in [-0.05, 0) is 36.4 Å². The number of pyridine rings is 1. The molecular formula is C15H10BrClN2O. The second kappa shape index (κ2) is 5.31. The van der Waals surface area contributed by atoms with Gasteiger partial charge in [0.25, 0.3) is 0 Å². The zero-order valence-electron chi connectivity index (χ0n) is 10.3. The number of nitrogen functional groups attached to an aromatic ring is 1. The van der Waals surface area contributed by atoms with Crippen molar-refractivity contribution in [1.29, 1.82) is 0 Å². The van der Waals surface area contributed by atoms with Gasteiger partial charge in [0.1, 0.15) is 11.5 Å². The summed E-state index contributed by atoms with van der Waals surface area (Å²) in [5.41, 5.74) is 6.64. The molecule has 0 atom stereocenters. The van der Waals surface area contributed by atoms with E-state index in [1.54, 1.807) is 18.5 Å². The molecule has 1 heterocycles. The highest BCUT2D eigenvalue weighted by atomic mass is 79.9. The topological polar surface area (TPSA) is 48.1 Å². The average Bonchev–Trinajstić information content (AvgIpc) is 2.45. The first-order valence-electron chi connectivity index (χ1n) is 5.90. The number of benzene rings is 2. The van der Waals surface area contributed by atoms with Crippen molar-refractivity contribution in [3.05, 3.63) is 58.3 Å². The maximum atomic E-state index is 6.17. The van der Waals surface area contributed by atoms with Crippen molar-refractivity contribution in [3.8, 4) is 11.5 Å². The van der Waals surface area contributed by atoms with E-state index < -0.39 is 0 Å². The third-order valence-electron chi connectivity index (χ3n) is 2.93. The Kier molecular flexibility index (Phi) is 3.51. The van der Waals surface area contributed by atoms with Gasteiger partial charge in [-0.3, -0.25) is 4.98 Å². The molecule has 3 aromatic rings. The first-order valence-corrected chi connectivity index (χ1v) is 7.07. The molecule has 0 bridgehead atoms. The van der Waals surface area contributed by atoms with E-state index in [0.29, 0.717) is 22.2 Å². The number of anilines is 1. The van der Waals surface area contributed by atoms with Gasteiger partial charge in [-0.15, -0.1) is 0 Å². The van der Waals surface area contributed by atoms with E-state index in [1.807, 2.05) is 30.3 Å². The lowest BCUT2D eigenvalue weighted by atomic mass is 10.1. The van der Waals surface area contributed by atoms with Gasteiger partial charge in [0.15, 0.2) is 0 Å². The summed E-state index contributed by atoms with van der Waals surface area (Å²) in [6, 6.07) is 11.0. The molecule has 5 heteroatoms. The normalized spacial score (nSPS) is 10.7. The van der Waals surface area contributed by atoms with E-state index in [0.717, 1.165) is 15.2 Å². The fraction of sp³-hybridized carbons (Fsp3) is 0. The van der Waals surface area contributed by atoms with Gasteiger partial charge in [-0.1, -0.05) is 27.5 Å². The highest BCUT2D eigenvalue weighted by Crippen LogP contribution is 2.36. The van der Waals surface area contributed by atoms with E-state index in [4.69, 9.17) is 22.1 Å². The summed E-state index contributed by atoms with van der Waals surface area (Å²) in [6.45, 7) is 0. The third kappa shape index (κ3) is 2.44. The average molecular weight is 350 g/mol. The summed E-state index contributed by atoms with van der Waals surface area (Å²) in [5, 5.41) is 2.30. The lowest BCUT2D eigenvalue weighted by Gasteiger charge is -2.11. The molecule has 0 radical (unpaired) electrons. The van der Waals surface area contributed by atoms with Crippen LogP contribution >= 0.6 is 27.5 Å². The number of nitrogens with two attached hydrogens (primary N) is 1. The van der Waals surface area contributed by atoms with Crippen molar-refractivity contribution in [2.45, 2.75) is 0 Å². The molecule has 2 aromatic carbocycles. The minimum Gasteiger partial charge on any atom is -0.455 e. The minimum atomic E-state index is 0.535. The zero-order valence-corrected chi connectivity index (χ0v) is 12.6. The fourth-order valence-corrected chi connectivity index (χ4v) is 2.67. The summed E-state index contributed by atoms with van der Waals surface area (Å²) in [6.07, 6.45) is 3.43. The molecular weight excluding hydrogens is 340 g/mol. The molecule has 100 valence electrons. The molecule has 0 unspecified atom stereocenters. The molecule has 0 amide bonds. The maximum Gasteiger partial charge on any atom is 0.146 e. The number of aromatic nitrogens is 1. The van der Waals surface area contributed by atoms with Crippen LogP contribution in [-0.4, -0.2) is 4.98 Å². The Hall–Kier alpha value is -1.78. The molecule has 0 aliphatic heterocycles. The number of nitrogens with zero attached hydrogens (tertiary/aromatic N) is 1. The van der Waals surface area contributed by atoms with Crippen LogP contribution in [-0.2, 0) is 0 Å². The van der Waals surface area contributed by atoms with Gasteiger partial charge in [0.05, 0.1) is 5.02 Å². The maximum absolute atomic E-state index is 6.17. The van der Waals surface area contributed by atoms with Crippen molar-refractivity contribution in [1.82, 2.24) is 4.98 Å². The van der Waals surface area contributed by atoms with Crippen molar-refractivity contribution in [2.75, 3.05) is 5.73 Å². The van der Waals surface area contributed by atoms with Crippen molar-refractivity contribution in [2.24, 2.45) is 0 Å². The van der Waals surface area contributed by atoms with E-state index in [9.17, 15) is 0 Å². The molecule has 0 fully saturated rings. The Balaban J connectivity index is 2.09. The SMILES string of the molecule is Nc1ccc(Oc2ccc(Br)cc2Cl)c2cnccc12. The van der Waals surface area contributed by atoms with Gasteiger partial charge >= 0.3 is 0 Å². The molecule has 3 nitrogen and oxygen atoms in total. The van der Waals surface area contributed by atoms with Gasteiger partial charge in [0, 0.05) is 33.3 Å². The highest BCUT2D eigenvalue weighted by Gasteiger charge is 2.09. The van der Waals surface area contributed by atoms with Crippen LogP contribution in [0.15, 0.2) is 53.3 Å². The molecule has 0 aliphatic carbocycles. The molecule has 0 saturated carbocycles. The van der Waals surface area contributed by atoms with Crippen LogP contribution in [0.5, 0.6) is 11.5 Å². The van der Waals surface area contributed by atoms with Gasteiger partial charge in [-0.25, -0.2) is 0 Å². The Morgan fingerprint density at radius 3 is 2.65 bits per heavy atom. The first kappa shape index (κ1) is 13.2. The van der Waals surface area contributed by atoms with Gasteiger partial charge in [-0.2, -0.15) is 0 Å². The summed E-state index contributed by atoms with van der Waals surface area (Å²) >= 11 is 9.53. The Morgan fingerprint density at radius 2 is 1.85 bits per heavy atom. The fourth-order valence-electron chi connectivity index (χ4n) is 1.95. The van der Waals surface area contributed by atoms with Crippen LogP contribution in [0, 0.1) is 0 Å². The first-order chi connectivity index (χ1) is 9.65. The number of hydrogen-bond acceptors (Lipinski definition) is 3. The summed E-state index contributed by atoms with van der Waals surface area (Å²) in [5.74, 6) is 1.26. The zero-order chi connectivity index (χ0) is 14.1. The molecule has 3 rings (SSSR count). The molecule has 0 saturated heterocycles. The van der Waals surface area contributed by atoms with Crippen LogP contribution in [0.1, 0.15) is 0 Å². The molecule has 0 spiro atoms. The van der Waals surface area contributed by atoms with E-state index in [2.05, 4.69) is 20.9 Å². The number of hydrogen-bond donors (Lipinski definition) is 1. The van der Waals surface area contributed by atoms with Crippen LogP contribution in [0.2, 0.25) is 5.02 Å². The largest absolute Gasteiger partial charge is 0.455 e. The van der Waals surface area contributed by atoms with E-state index in [1.165, 1.54) is 0 Å². The summed E-state index contributed by atoms with van der Waals surface area (Å²) < 4.78 is 6.79. The Morgan fingerprint density at radius 1 is 1.05 bits per heavy atom. The number of halogens is 2. The predicted molar refractivity (Wildman–Crippen MR) is 85.4 cm³/mol. The Labute approximate surface area is 129 Å². The van der Waals surface area contributed by atoms with Crippen molar-refractivity contribution >= 4 is 44.0 Å².